The number of ether oxygens (including phenoxy) is 4. The lowest BCUT2D eigenvalue weighted by Gasteiger charge is -2.22. The van der Waals surface area contributed by atoms with Crippen LogP contribution in [0, 0.1) is 6.92 Å². The van der Waals surface area contributed by atoms with Crippen molar-refractivity contribution in [1.82, 2.24) is 4.98 Å². The molecule has 2 heterocycles. The first-order chi connectivity index (χ1) is 12.9. The number of benzene rings is 1. The molecule has 0 aliphatic carbocycles. The lowest BCUT2D eigenvalue weighted by Crippen LogP contribution is -2.33. The van der Waals surface area contributed by atoms with Crippen molar-refractivity contribution in [1.29, 1.82) is 0 Å². The van der Waals surface area contributed by atoms with Crippen LogP contribution in [0.1, 0.15) is 5.56 Å². The van der Waals surface area contributed by atoms with Gasteiger partial charge in [-0.25, -0.2) is 4.98 Å². The van der Waals surface area contributed by atoms with E-state index in [2.05, 4.69) is 4.98 Å². The zero-order valence-electron chi connectivity index (χ0n) is 14.8. The third kappa shape index (κ3) is 5.83. The Labute approximate surface area is 155 Å². The zero-order valence-corrected chi connectivity index (χ0v) is 14.8. The molecular formula is C19H20F3NO4. The molecule has 0 N–H and O–H groups in total. The number of nitrogens with zero attached hydrogens (tertiary/aromatic N) is 1. The van der Waals surface area contributed by atoms with E-state index < -0.39 is 12.8 Å². The van der Waals surface area contributed by atoms with E-state index in [-0.39, 0.29) is 11.9 Å². The van der Waals surface area contributed by atoms with Gasteiger partial charge in [0, 0.05) is 11.6 Å². The second-order valence-corrected chi connectivity index (χ2v) is 6.12. The minimum absolute atomic E-state index is 0.129. The number of halogens is 3. The predicted molar refractivity (Wildman–Crippen MR) is 92.0 cm³/mol. The lowest BCUT2D eigenvalue weighted by molar-refractivity contribution is -0.153. The van der Waals surface area contributed by atoms with E-state index >= 15 is 0 Å². The molecule has 1 fully saturated rings. The Hall–Kier alpha value is -2.32. The summed E-state index contributed by atoms with van der Waals surface area (Å²) in [6.45, 7) is 2.42. The molecule has 0 radical (unpaired) electrons. The van der Waals surface area contributed by atoms with E-state index in [1.165, 1.54) is 6.07 Å². The third-order valence-corrected chi connectivity index (χ3v) is 3.90. The van der Waals surface area contributed by atoms with E-state index in [9.17, 15) is 13.2 Å². The molecule has 1 aliphatic heterocycles. The van der Waals surface area contributed by atoms with Crippen LogP contribution in [0.5, 0.6) is 11.6 Å². The van der Waals surface area contributed by atoms with Crippen LogP contribution in [-0.2, 0) is 9.47 Å². The fraction of sp³-hybridized carbons (Fsp3) is 0.421. The molecule has 0 spiro atoms. The van der Waals surface area contributed by atoms with Gasteiger partial charge in [0.25, 0.3) is 0 Å². The van der Waals surface area contributed by atoms with E-state index in [1.807, 2.05) is 12.1 Å². The van der Waals surface area contributed by atoms with E-state index in [0.29, 0.717) is 38.0 Å². The topological polar surface area (TPSA) is 49.8 Å². The highest BCUT2D eigenvalue weighted by molar-refractivity contribution is 5.65. The zero-order chi connectivity index (χ0) is 19.3. The van der Waals surface area contributed by atoms with Crippen LogP contribution in [0.4, 0.5) is 13.2 Å². The van der Waals surface area contributed by atoms with Crippen molar-refractivity contribution in [3.63, 3.8) is 0 Å². The Kier molecular flexibility index (Phi) is 6.18. The highest BCUT2D eigenvalue weighted by atomic mass is 19.4. The van der Waals surface area contributed by atoms with Gasteiger partial charge in [-0.2, -0.15) is 13.2 Å². The highest BCUT2D eigenvalue weighted by Gasteiger charge is 2.28. The number of aromatic nitrogens is 1. The maximum atomic E-state index is 12.3. The minimum atomic E-state index is -4.37. The molecule has 0 bridgehead atoms. The van der Waals surface area contributed by atoms with Crippen molar-refractivity contribution < 1.29 is 32.1 Å². The second-order valence-electron chi connectivity index (χ2n) is 6.12. The van der Waals surface area contributed by atoms with Crippen LogP contribution in [0.3, 0.4) is 0 Å². The summed E-state index contributed by atoms with van der Waals surface area (Å²) in [5.74, 6) is 0.605. The van der Waals surface area contributed by atoms with Crippen molar-refractivity contribution in [2.75, 3.05) is 33.0 Å². The normalized spacial score (nSPS) is 17.6. The van der Waals surface area contributed by atoms with Crippen LogP contribution in [0.15, 0.2) is 36.4 Å². The summed E-state index contributed by atoms with van der Waals surface area (Å²) < 4.78 is 58.1. The molecule has 1 aromatic heterocycles. The van der Waals surface area contributed by atoms with Gasteiger partial charge in [0.15, 0.2) is 6.61 Å². The molecule has 1 atom stereocenters. The first kappa shape index (κ1) is 19.4. The molecule has 1 aromatic carbocycles. The molecule has 27 heavy (non-hydrogen) atoms. The van der Waals surface area contributed by atoms with Crippen molar-refractivity contribution in [2.24, 2.45) is 0 Å². The molecule has 0 amide bonds. The summed E-state index contributed by atoms with van der Waals surface area (Å²) in [4.78, 5) is 4.46. The summed E-state index contributed by atoms with van der Waals surface area (Å²) in [6.07, 6.45) is -4.50. The molecule has 1 saturated heterocycles. The van der Waals surface area contributed by atoms with Gasteiger partial charge in [-0.15, -0.1) is 0 Å². The van der Waals surface area contributed by atoms with Gasteiger partial charge in [-0.1, -0.05) is 6.07 Å². The summed E-state index contributed by atoms with van der Waals surface area (Å²) in [5, 5.41) is 0. The number of alkyl halides is 3. The number of aryl methyl sites for hydroxylation is 1. The second kappa shape index (κ2) is 8.58. The molecule has 1 aliphatic rings. The van der Waals surface area contributed by atoms with E-state index in [4.69, 9.17) is 18.9 Å². The van der Waals surface area contributed by atoms with Crippen molar-refractivity contribution in [3.05, 3.63) is 42.0 Å². The Bertz CT molecular complexity index is 761. The molecule has 3 rings (SSSR count). The van der Waals surface area contributed by atoms with Crippen LogP contribution < -0.4 is 9.47 Å². The van der Waals surface area contributed by atoms with Crippen molar-refractivity contribution in [3.8, 4) is 22.9 Å². The van der Waals surface area contributed by atoms with Gasteiger partial charge < -0.3 is 18.9 Å². The maximum absolute atomic E-state index is 12.3. The molecule has 8 heteroatoms. The monoisotopic (exact) mass is 383 g/mol. The maximum Gasteiger partial charge on any atom is 0.422 e. The first-order valence-corrected chi connectivity index (χ1v) is 8.50. The summed E-state index contributed by atoms with van der Waals surface area (Å²) in [6, 6.07) is 10.1. The number of pyridine rings is 1. The van der Waals surface area contributed by atoms with E-state index in [0.717, 1.165) is 11.1 Å². The van der Waals surface area contributed by atoms with Crippen LogP contribution in [-0.4, -0.2) is 50.3 Å². The van der Waals surface area contributed by atoms with Gasteiger partial charge in [-0.05, 0) is 36.8 Å². The predicted octanol–water partition coefficient (Wildman–Crippen LogP) is 3.79. The van der Waals surface area contributed by atoms with Gasteiger partial charge >= 0.3 is 6.18 Å². The fourth-order valence-electron chi connectivity index (χ4n) is 2.63. The van der Waals surface area contributed by atoms with Crippen molar-refractivity contribution >= 4 is 0 Å². The van der Waals surface area contributed by atoms with Gasteiger partial charge in [0.05, 0.1) is 25.5 Å². The van der Waals surface area contributed by atoms with Gasteiger partial charge in [0.1, 0.15) is 18.5 Å². The summed E-state index contributed by atoms with van der Waals surface area (Å²) >= 11 is 0. The average molecular weight is 383 g/mol. The smallest absolute Gasteiger partial charge is 0.422 e. The van der Waals surface area contributed by atoms with Crippen LogP contribution >= 0.6 is 0 Å². The molecule has 1 unspecified atom stereocenters. The lowest BCUT2D eigenvalue weighted by atomic mass is 10.0. The fourth-order valence-corrected chi connectivity index (χ4v) is 2.63. The van der Waals surface area contributed by atoms with Crippen LogP contribution in [0.25, 0.3) is 11.3 Å². The minimum Gasteiger partial charge on any atom is -0.484 e. The Balaban J connectivity index is 1.66. The molecule has 5 nitrogen and oxygen atoms in total. The van der Waals surface area contributed by atoms with E-state index in [1.54, 1.807) is 25.1 Å². The van der Waals surface area contributed by atoms with Gasteiger partial charge in [0.2, 0.25) is 5.88 Å². The largest absolute Gasteiger partial charge is 0.484 e. The number of hydrogen-bond acceptors (Lipinski definition) is 5. The molecule has 2 aromatic rings. The third-order valence-electron chi connectivity index (χ3n) is 3.90. The molecule has 0 saturated carbocycles. The summed E-state index contributed by atoms with van der Waals surface area (Å²) in [7, 11) is 0. The van der Waals surface area contributed by atoms with Crippen molar-refractivity contribution in [2.45, 2.75) is 19.2 Å². The Morgan fingerprint density at radius 3 is 2.70 bits per heavy atom. The Morgan fingerprint density at radius 2 is 2.00 bits per heavy atom. The Morgan fingerprint density at radius 1 is 1.15 bits per heavy atom. The van der Waals surface area contributed by atoms with Crippen LogP contribution in [0.2, 0.25) is 0 Å². The van der Waals surface area contributed by atoms with Gasteiger partial charge in [-0.3, -0.25) is 0 Å². The molecular weight excluding hydrogens is 363 g/mol. The SMILES string of the molecule is Cc1cc(OCC(F)(F)F)ccc1-c1cccc(OCC2COCCO2)n1. The quantitative estimate of drug-likeness (QED) is 0.760. The highest BCUT2D eigenvalue weighted by Crippen LogP contribution is 2.28. The number of hydrogen-bond donors (Lipinski definition) is 0. The summed E-state index contributed by atoms with van der Waals surface area (Å²) in [5.41, 5.74) is 2.20. The standard InChI is InChI=1S/C19H20F3NO4/c1-13-9-14(27-12-19(20,21)22)5-6-16(13)17-3-2-4-18(23-17)26-11-15-10-24-7-8-25-15/h2-6,9,15H,7-8,10-12H2,1H3. The first-order valence-electron chi connectivity index (χ1n) is 8.50. The number of rotatable bonds is 6. The average Bonchev–Trinajstić information content (AvgIpc) is 2.65. The molecule has 146 valence electrons.